The van der Waals surface area contributed by atoms with Gasteiger partial charge in [-0.25, -0.2) is 0 Å². The first-order valence-electron chi connectivity index (χ1n) is 6.37. The van der Waals surface area contributed by atoms with Crippen molar-refractivity contribution in [1.29, 1.82) is 0 Å². The third kappa shape index (κ3) is 2.25. The zero-order valence-electron chi connectivity index (χ0n) is 9.92. The number of rotatable bonds is 2. The van der Waals surface area contributed by atoms with Gasteiger partial charge in [0.15, 0.2) is 0 Å². The maximum atomic E-state index is 2.48. The molecular formula is C16H18N+. The third-order valence-electron chi connectivity index (χ3n) is 3.74. The van der Waals surface area contributed by atoms with Gasteiger partial charge in [0.25, 0.3) is 0 Å². The smallest absolute Gasteiger partial charge is 0.112 e. The van der Waals surface area contributed by atoms with Crippen LogP contribution in [0.3, 0.4) is 0 Å². The van der Waals surface area contributed by atoms with Crippen LogP contribution >= 0.6 is 0 Å². The molecule has 1 saturated heterocycles. The van der Waals surface area contributed by atoms with Crippen LogP contribution in [0.1, 0.15) is 29.5 Å². The van der Waals surface area contributed by atoms with Gasteiger partial charge in [0, 0.05) is 17.9 Å². The van der Waals surface area contributed by atoms with E-state index in [2.05, 4.69) is 66.0 Å². The summed E-state index contributed by atoms with van der Waals surface area (Å²) in [6.45, 7) is 1.21. The Morgan fingerprint density at radius 3 is 2.00 bits per heavy atom. The fraction of sp³-hybridized carbons (Fsp3) is 0.250. The van der Waals surface area contributed by atoms with Crippen LogP contribution in [0.2, 0.25) is 0 Å². The van der Waals surface area contributed by atoms with Gasteiger partial charge in [-0.2, -0.15) is 0 Å². The molecule has 0 bridgehead atoms. The van der Waals surface area contributed by atoms with E-state index in [4.69, 9.17) is 0 Å². The van der Waals surface area contributed by atoms with Gasteiger partial charge in [0.05, 0.1) is 6.54 Å². The van der Waals surface area contributed by atoms with E-state index in [1.54, 1.807) is 0 Å². The molecule has 2 aromatic carbocycles. The van der Waals surface area contributed by atoms with Crippen molar-refractivity contribution in [3.05, 3.63) is 71.8 Å². The number of hydrogen-bond acceptors (Lipinski definition) is 0. The summed E-state index contributed by atoms with van der Waals surface area (Å²) in [5, 5.41) is 2.48. The summed E-state index contributed by atoms with van der Waals surface area (Å²) in [7, 11) is 0. The predicted molar refractivity (Wildman–Crippen MR) is 69.8 cm³/mol. The highest BCUT2D eigenvalue weighted by Crippen LogP contribution is 2.28. The highest BCUT2D eigenvalue weighted by molar-refractivity contribution is 5.23. The standard InChI is InChI=1S/C16H17N/c1-3-7-13(8-4-1)15-11-16(17-12-15)14-9-5-2-6-10-14/h1-10,15-17H,11-12H2/p+1/t15-,16-/m0/s1. The summed E-state index contributed by atoms with van der Waals surface area (Å²) in [5.74, 6) is 0.710. The van der Waals surface area contributed by atoms with Crippen molar-refractivity contribution in [2.24, 2.45) is 0 Å². The second-order valence-corrected chi connectivity index (χ2v) is 4.83. The van der Waals surface area contributed by atoms with Crippen LogP contribution in [0.5, 0.6) is 0 Å². The number of benzene rings is 2. The molecule has 0 aromatic heterocycles. The normalized spacial score (nSPS) is 23.8. The summed E-state index contributed by atoms with van der Waals surface area (Å²) in [5.41, 5.74) is 2.95. The molecule has 1 fully saturated rings. The monoisotopic (exact) mass is 224 g/mol. The summed E-state index contributed by atoms with van der Waals surface area (Å²) < 4.78 is 0. The van der Waals surface area contributed by atoms with Gasteiger partial charge in [-0.1, -0.05) is 60.7 Å². The Morgan fingerprint density at radius 1 is 0.765 bits per heavy atom. The van der Waals surface area contributed by atoms with Crippen molar-refractivity contribution < 1.29 is 5.32 Å². The van der Waals surface area contributed by atoms with E-state index < -0.39 is 0 Å². The first-order valence-corrected chi connectivity index (χ1v) is 6.37. The van der Waals surface area contributed by atoms with Gasteiger partial charge in [0.1, 0.15) is 6.04 Å². The Morgan fingerprint density at radius 2 is 1.35 bits per heavy atom. The van der Waals surface area contributed by atoms with Crippen molar-refractivity contribution in [3.63, 3.8) is 0 Å². The molecule has 0 aliphatic carbocycles. The molecule has 2 atom stereocenters. The van der Waals surface area contributed by atoms with E-state index in [1.807, 2.05) is 0 Å². The quantitative estimate of drug-likeness (QED) is 0.807. The van der Waals surface area contributed by atoms with Crippen LogP contribution in [0.4, 0.5) is 0 Å². The van der Waals surface area contributed by atoms with Gasteiger partial charge in [0.2, 0.25) is 0 Å². The lowest BCUT2D eigenvalue weighted by molar-refractivity contribution is -0.677. The van der Waals surface area contributed by atoms with Crippen molar-refractivity contribution in [2.75, 3.05) is 6.54 Å². The lowest BCUT2D eigenvalue weighted by Gasteiger charge is -2.07. The lowest BCUT2D eigenvalue weighted by Crippen LogP contribution is -2.82. The first kappa shape index (κ1) is 10.5. The molecule has 0 radical (unpaired) electrons. The minimum atomic E-state index is 0.640. The average Bonchev–Trinajstić information content (AvgIpc) is 2.90. The largest absolute Gasteiger partial charge is 0.340 e. The van der Waals surface area contributed by atoms with Gasteiger partial charge >= 0.3 is 0 Å². The number of quaternary nitrogens is 1. The summed E-state index contributed by atoms with van der Waals surface area (Å²) >= 11 is 0. The molecule has 1 heterocycles. The van der Waals surface area contributed by atoms with Crippen LogP contribution < -0.4 is 5.32 Å². The van der Waals surface area contributed by atoms with E-state index >= 15 is 0 Å². The van der Waals surface area contributed by atoms with Crippen LogP contribution in [0.15, 0.2) is 60.7 Å². The molecule has 3 rings (SSSR count). The van der Waals surface area contributed by atoms with Gasteiger partial charge in [-0.05, 0) is 5.56 Å². The highest BCUT2D eigenvalue weighted by Gasteiger charge is 2.29. The van der Waals surface area contributed by atoms with Crippen molar-refractivity contribution >= 4 is 0 Å². The topological polar surface area (TPSA) is 16.6 Å². The van der Waals surface area contributed by atoms with E-state index in [0.29, 0.717) is 12.0 Å². The van der Waals surface area contributed by atoms with E-state index in [9.17, 15) is 0 Å². The molecule has 1 nitrogen and oxygen atoms in total. The van der Waals surface area contributed by atoms with E-state index in [-0.39, 0.29) is 0 Å². The Hall–Kier alpha value is -1.60. The fourth-order valence-electron chi connectivity index (χ4n) is 2.80. The molecule has 1 heteroatoms. The van der Waals surface area contributed by atoms with Crippen molar-refractivity contribution in [3.8, 4) is 0 Å². The second kappa shape index (κ2) is 4.72. The summed E-state index contributed by atoms with van der Waals surface area (Å²) in [6.07, 6.45) is 1.26. The van der Waals surface area contributed by atoms with Gasteiger partial charge in [-0.15, -0.1) is 0 Å². The molecule has 0 amide bonds. The number of nitrogens with two attached hydrogens (primary N) is 1. The molecule has 86 valence electrons. The maximum absolute atomic E-state index is 2.48. The van der Waals surface area contributed by atoms with Crippen molar-refractivity contribution in [2.45, 2.75) is 18.4 Å². The minimum absolute atomic E-state index is 0.640. The van der Waals surface area contributed by atoms with Crippen LogP contribution in [0.25, 0.3) is 0 Å². The van der Waals surface area contributed by atoms with Crippen LogP contribution in [-0.2, 0) is 0 Å². The molecule has 0 spiro atoms. The van der Waals surface area contributed by atoms with Gasteiger partial charge < -0.3 is 5.32 Å². The molecule has 2 N–H and O–H groups in total. The second-order valence-electron chi connectivity index (χ2n) is 4.83. The Labute approximate surface area is 102 Å². The lowest BCUT2D eigenvalue weighted by atomic mass is 9.94. The Balaban J connectivity index is 1.75. The Kier molecular flexibility index (Phi) is 2.93. The average molecular weight is 224 g/mol. The third-order valence-corrected chi connectivity index (χ3v) is 3.74. The molecule has 0 saturated carbocycles. The van der Waals surface area contributed by atoms with Crippen LogP contribution in [-0.4, -0.2) is 6.54 Å². The highest BCUT2D eigenvalue weighted by atomic mass is 14.9. The summed E-state index contributed by atoms with van der Waals surface area (Å²) in [6, 6.07) is 22.4. The molecule has 1 aliphatic heterocycles. The van der Waals surface area contributed by atoms with E-state index in [1.165, 1.54) is 24.1 Å². The zero-order valence-corrected chi connectivity index (χ0v) is 9.92. The number of hydrogen-bond donors (Lipinski definition) is 1. The minimum Gasteiger partial charge on any atom is -0.340 e. The predicted octanol–water partition coefficient (Wildman–Crippen LogP) is 2.48. The van der Waals surface area contributed by atoms with Gasteiger partial charge in [-0.3, -0.25) is 0 Å². The first-order chi connectivity index (χ1) is 8.43. The maximum Gasteiger partial charge on any atom is 0.112 e. The fourth-order valence-corrected chi connectivity index (χ4v) is 2.80. The molecule has 0 unspecified atom stereocenters. The SMILES string of the molecule is c1ccc([C@@H]2C[NH2+][C@H](c3ccccc3)C2)cc1. The van der Waals surface area contributed by atoms with E-state index in [0.717, 1.165) is 0 Å². The summed E-state index contributed by atoms with van der Waals surface area (Å²) in [4.78, 5) is 0. The Bertz CT molecular complexity index is 418. The molecule has 17 heavy (non-hydrogen) atoms. The van der Waals surface area contributed by atoms with Crippen LogP contribution in [0, 0.1) is 0 Å². The zero-order chi connectivity index (χ0) is 11.5. The molecule has 2 aromatic rings. The molecule has 1 aliphatic rings. The van der Waals surface area contributed by atoms with Crippen molar-refractivity contribution in [1.82, 2.24) is 0 Å². The molecular weight excluding hydrogens is 206 g/mol.